The second-order valence-corrected chi connectivity index (χ2v) is 8.98. The largest absolute Gasteiger partial charge is 0.348 e. The fourth-order valence-corrected chi connectivity index (χ4v) is 5.05. The highest BCUT2D eigenvalue weighted by molar-refractivity contribution is 5.32. The van der Waals surface area contributed by atoms with Crippen molar-refractivity contribution in [3.63, 3.8) is 0 Å². The number of aryl methyl sites for hydroxylation is 2. The van der Waals surface area contributed by atoms with Gasteiger partial charge in [-0.05, 0) is 49.1 Å². The summed E-state index contributed by atoms with van der Waals surface area (Å²) in [6.45, 7) is 8.45. The maximum atomic E-state index is 6.19. The fraction of sp³-hybridized carbons (Fsp3) is 0.760. The van der Waals surface area contributed by atoms with Gasteiger partial charge in [0, 0.05) is 11.5 Å². The predicted molar refractivity (Wildman–Crippen MR) is 113 cm³/mol. The van der Waals surface area contributed by atoms with Crippen molar-refractivity contribution < 1.29 is 9.47 Å². The van der Waals surface area contributed by atoms with Crippen molar-refractivity contribution >= 4 is 0 Å². The molecule has 2 fully saturated rings. The molecule has 27 heavy (non-hydrogen) atoms. The van der Waals surface area contributed by atoms with Crippen LogP contribution in [0.5, 0.6) is 0 Å². The standard InChI is InChI=1S/C25H40O2/c1-4-6-7-9-20-10-13-22(14-11-20)23-17-26-25(27-18-23)24-15-12-21(8-5-2)16-19(24)3/h12,15-16,20,22-23,25H,4-11,13-14,17-18H2,1-3H3. The van der Waals surface area contributed by atoms with E-state index in [4.69, 9.17) is 9.47 Å². The Bertz CT molecular complexity index is 551. The summed E-state index contributed by atoms with van der Waals surface area (Å²) in [7, 11) is 0. The lowest BCUT2D eigenvalue weighted by Crippen LogP contribution is -2.34. The van der Waals surface area contributed by atoms with Crippen LogP contribution in [0.3, 0.4) is 0 Å². The Balaban J connectivity index is 1.44. The van der Waals surface area contributed by atoms with E-state index in [1.165, 1.54) is 74.5 Å². The maximum Gasteiger partial charge on any atom is 0.184 e. The Hall–Kier alpha value is -0.860. The van der Waals surface area contributed by atoms with E-state index >= 15 is 0 Å². The van der Waals surface area contributed by atoms with Crippen LogP contribution in [0, 0.1) is 24.7 Å². The first-order chi connectivity index (χ1) is 13.2. The van der Waals surface area contributed by atoms with Gasteiger partial charge in [-0.2, -0.15) is 0 Å². The average Bonchev–Trinajstić information content (AvgIpc) is 2.69. The van der Waals surface area contributed by atoms with Crippen LogP contribution < -0.4 is 0 Å². The molecule has 0 amide bonds. The van der Waals surface area contributed by atoms with Crippen molar-refractivity contribution in [2.75, 3.05) is 13.2 Å². The van der Waals surface area contributed by atoms with Crippen molar-refractivity contribution in [3.8, 4) is 0 Å². The summed E-state index contributed by atoms with van der Waals surface area (Å²) < 4.78 is 12.4. The van der Waals surface area contributed by atoms with Crippen LogP contribution in [-0.4, -0.2) is 13.2 Å². The number of ether oxygens (including phenoxy) is 2. The molecule has 1 saturated carbocycles. The lowest BCUT2D eigenvalue weighted by Gasteiger charge is -2.38. The van der Waals surface area contributed by atoms with E-state index in [1.807, 2.05) is 0 Å². The van der Waals surface area contributed by atoms with Gasteiger partial charge in [0.2, 0.25) is 0 Å². The van der Waals surface area contributed by atoms with Crippen LogP contribution >= 0.6 is 0 Å². The van der Waals surface area contributed by atoms with Crippen molar-refractivity contribution in [2.24, 2.45) is 17.8 Å². The Kier molecular flexibility index (Phi) is 8.21. The molecule has 1 aliphatic carbocycles. The highest BCUT2D eigenvalue weighted by Crippen LogP contribution is 2.39. The van der Waals surface area contributed by atoms with Crippen molar-refractivity contribution in [1.29, 1.82) is 0 Å². The fourth-order valence-electron chi connectivity index (χ4n) is 5.05. The lowest BCUT2D eigenvalue weighted by atomic mass is 9.74. The molecule has 152 valence electrons. The van der Waals surface area contributed by atoms with Crippen LogP contribution in [0.2, 0.25) is 0 Å². The highest BCUT2D eigenvalue weighted by atomic mass is 16.7. The molecular weight excluding hydrogens is 332 g/mol. The van der Waals surface area contributed by atoms with Gasteiger partial charge in [0.1, 0.15) is 0 Å². The van der Waals surface area contributed by atoms with E-state index < -0.39 is 0 Å². The van der Waals surface area contributed by atoms with Crippen LogP contribution in [0.4, 0.5) is 0 Å². The molecule has 1 aromatic rings. The number of unbranched alkanes of at least 4 members (excludes halogenated alkanes) is 2. The maximum absolute atomic E-state index is 6.19. The highest BCUT2D eigenvalue weighted by Gasteiger charge is 2.32. The Labute approximate surface area is 167 Å². The topological polar surface area (TPSA) is 18.5 Å². The Morgan fingerprint density at radius 2 is 1.63 bits per heavy atom. The van der Waals surface area contributed by atoms with Crippen molar-refractivity contribution in [3.05, 3.63) is 34.9 Å². The molecule has 2 heteroatoms. The molecule has 1 aromatic carbocycles. The summed E-state index contributed by atoms with van der Waals surface area (Å²) in [5, 5.41) is 0. The minimum Gasteiger partial charge on any atom is -0.348 e. The first kappa shape index (κ1) is 20.9. The zero-order chi connectivity index (χ0) is 19.1. The molecule has 1 saturated heterocycles. The van der Waals surface area contributed by atoms with Crippen LogP contribution in [0.1, 0.15) is 94.6 Å². The van der Waals surface area contributed by atoms with E-state index in [0.717, 1.165) is 31.5 Å². The molecule has 0 bridgehead atoms. The summed E-state index contributed by atoms with van der Waals surface area (Å²) in [4.78, 5) is 0. The van der Waals surface area contributed by atoms with Gasteiger partial charge in [0.25, 0.3) is 0 Å². The van der Waals surface area contributed by atoms with E-state index in [9.17, 15) is 0 Å². The van der Waals surface area contributed by atoms with Gasteiger partial charge < -0.3 is 9.47 Å². The number of hydrogen-bond donors (Lipinski definition) is 0. The quantitative estimate of drug-likeness (QED) is 0.458. The van der Waals surface area contributed by atoms with Gasteiger partial charge in [-0.15, -0.1) is 0 Å². The van der Waals surface area contributed by atoms with Gasteiger partial charge in [0.15, 0.2) is 6.29 Å². The van der Waals surface area contributed by atoms with Gasteiger partial charge in [-0.3, -0.25) is 0 Å². The van der Waals surface area contributed by atoms with Crippen LogP contribution in [0.25, 0.3) is 0 Å². The SMILES string of the molecule is CCCCCC1CCC(C2COC(c3ccc(CCC)cc3C)OC2)CC1. The normalized spacial score (nSPS) is 29.0. The molecular formula is C25H40O2. The minimum absolute atomic E-state index is 0.165. The monoisotopic (exact) mass is 372 g/mol. The van der Waals surface area contributed by atoms with E-state index in [0.29, 0.717) is 5.92 Å². The average molecular weight is 373 g/mol. The van der Waals surface area contributed by atoms with E-state index in [2.05, 4.69) is 39.0 Å². The molecule has 2 aliphatic rings. The summed E-state index contributed by atoms with van der Waals surface area (Å²) in [5.41, 5.74) is 3.94. The van der Waals surface area contributed by atoms with E-state index in [1.54, 1.807) is 0 Å². The molecule has 0 radical (unpaired) electrons. The molecule has 0 spiro atoms. The Morgan fingerprint density at radius 1 is 0.889 bits per heavy atom. The van der Waals surface area contributed by atoms with Crippen LogP contribution in [0.15, 0.2) is 18.2 Å². The lowest BCUT2D eigenvalue weighted by molar-refractivity contribution is -0.215. The summed E-state index contributed by atoms with van der Waals surface area (Å²) in [6, 6.07) is 6.76. The molecule has 0 atom stereocenters. The van der Waals surface area contributed by atoms with Gasteiger partial charge in [-0.1, -0.05) is 77.0 Å². The summed E-state index contributed by atoms with van der Waals surface area (Å²) >= 11 is 0. The third-order valence-corrected chi connectivity index (χ3v) is 6.82. The zero-order valence-electron chi connectivity index (χ0n) is 17.8. The molecule has 1 heterocycles. The number of hydrogen-bond acceptors (Lipinski definition) is 2. The first-order valence-electron chi connectivity index (χ1n) is 11.5. The van der Waals surface area contributed by atoms with Gasteiger partial charge in [0.05, 0.1) is 13.2 Å². The van der Waals surface area contributed by atoms with Crippen LogP contribution in [-0.2, 0) is 15.9 Å². The Morgan fingerprint density at radius 3 is 2.26 bits per heavy atom. The first-order valence-corrected chi connectivity index (χ1v) is 11.5. The molecule has 3 rings (SSSR count). The van der Waals surface area contributed by atoms with E-state index in [-0.39, 0.29) is 6.29 Å². The molecule has 1 aliphatic heterocycles. The second-order valence-electron chi connectivity index (χ2n) is 8.98. The minimum atomic E-state index is -0.165. The molecule has 0 N–H and O–H groups in total. The smallest absolute Gasteiger partial charge is 0.184 e. The predicted octanol–water partition coefficient (Wildman–Crippen LogP) is 7.00. The third kappa shape index (κ3) is 5.81. The van der Waals surface area contributed by atoms with Gasteiger partial charge >= 0.3 is 0 Å². The number of rotatable bonds is 8. The molecule has 2 nitrogen and oxygen atoms in total. The zero-order valence-corrected chi connectivity index (χ0v) is 17.8. The van der Waals surface area contributed by atoms with Crippen molar-refractivity contribution in [2.45, 2.75) is 91.3 Å². The third-order valence-electron chi connectivity index (χ3n) is 6.82. The summed E-state index contributed by atoms with van der Waals surface area (Å²) in [6.07, 6.45) is 13.4. The van der Waals surface area contributed by atoms with Gasteiger partial charge in [-0.25, -0.2) is 0 Å². The molecule has 0 unspecified atom stereocenters. The summed E-state index contributed by atoms with van der Waals surface area (Å²) in [5.74, 6) is 2.38. The number of benzene rings is 1. The second kappa shape index (κ2) is 10.6. The molecule has 0 aromatic heterocycles. The van der Waals surface area contributed by atoms with Crippen molar-refractivity contribution in [1.82, 2.24) is 0 Å².